The number of imide groups is 1. The fraction of sp³-hybridized carbons (Fsp3) is 0.448. The van der Waals surface area contributed by atoms with E-state index in [0.29, 0.717) is 32.5 Å². The van der Waals surface area contributed by atoms with Crippen LogP contribution in [0.25, 0.3) is 22.3 Å². The van der Waals surface area contributed by atoms with Crippen LogP contribution in [-0.2, 0) is 82.5 Å². The quantitative estimate of drug-likeness (QED) is 0.0298. The number of aryl methyl sites for hydroxylation is 1. The third-order valence-electron chi connectivity index (χ3n) is 16.9. The first-order chi connectivity index (χ1) is 44.4. The van der Waals surface area contributed by atoms with Gasteiger partial charge in [-0.3, -0.25) is 38.5 Å². The summed E-state index contributed by atoms with van der Waals surface area (Å²) in [6.07, 6.45) is -23.2. The van der Waals surface area contributed by atoms with Crippen molar-refractivity contribution in [3.05, 3.63) is 88.8 Å². The largest absolute Gasteiger partial charge is 0.479 e. The summed E-state index contributed by atoms with van der Waals surface area (Å²) >= 11 is 5.89. The molecule has 2 saturated heterocycles. The summed E-state index contributed by atoms with van der Waals surface area (Å²) in [5.74, 6) is -11.5. The number of nitrogens with zero attached hydrogens (tertiary/aromatic N) is 3. The van der Waals surface area contributed by atoms with Gasteiger partial charge in [-0.25, -0.2) is 28.6 Å². The van der Waals surface area contributed by atoms with Crippen LogP contribution in [0.3, 0.4) is 0 Å². The molecule has 33 nitrogen and oxygen atoms in total. The number of carbonyl (C=O) groups is 10. The number of rotatable bonds is 20. The summed E-state index contributed by atoms with van der Waals surface area (Å²) in [7, 11) is 0. The maximum Gasteiger partial charge on any atom is 0.413 e. The van der Waals surface area contributed by atoms with Gasteiger partial charge in [-0.15, -0.1) is 0 Å². The number of halogens is 3. The van der Waals surface area contributed by atoms with Gasteiger partial charge in [0.15, 0.2) is 24.0 Å². The normalized spacial score (nSPS) is 26.3. The molecule has 7 amide bonds. The topological polar surface area (TPSA) is 497 Å². The van der Waals surface area contributed by atoms with Crippen LogP contribution in [0.15, 0.2) is 44.1 Å². The molecule has 6 aliphatic rings. The Morgan fingerprint density at radius 2 is 1.49 bits per heavy atom. The molecule has 0 spiro atoms. The molecule has 13 atom stereocenters. The van der Waals surface area contributed by atoms with Crippen molar-refractivity contribution in [3.8, 4) is 22.9 Å². The predicted octanol–water partition coefficient (Wildman–Crippen LogP) is -1.95. The lowest BCUT2D eigenvalue weighted by molar-refractivity contribution is -0.271. The van der Waals surface area contributed by atoms with Gasteiger partial charge >= 0.3 is 24.0 Å². The van der Waals surface area contributed by atoms with Crippen molar-refractivity contribution in [2.24, 2.45) is 0 Å². The summed E-state index contributed by atoms with van der Waals surface area (Å²) in [4.78, 5) is 150. The second kappa shape index (κ2) is 27.1. The first kappa shape index (κ1) is 68.4. The third kappa shape index (κ3) is 13.0. The van der Waals surface area contributed by atoms with E-state index in [4.69, 9.17) is 28.7 Å². The lowest BCUT2D eigenvalue weighted by Gasteiger charge is -2.38. The minimum Gasteiger partial charge on any atom is -0.479 e. The van der Waals surface area contributed by atoms with Gasteiger partial charge < -0.3 is 101 Å². The minimum atomic E-state index is -2.16. The average molecular weight is 1450 g/mol. The predicted molar refractivity (Wildman–Crippen MR) is 317 cm³/mol. The number of amides is 7. The molecule has 0 bridgehead atoms. The summed E-state index contributed by atoms with van der Waals surface area (Å²) in [5.41, 5.74) is -0.632. The average Bonchev–Trinajstić information content (AvgIpc) is 1.47. The zero-order valence-electron chi connectivity index (χ0n) is 49.1. The van der Waals surface area contributed by atoms with Crippen LogP contribution in [0.2, 0.25) is 0 Å². The molecular formula is C58H59Br2FN8O25. The fourth-order valence-corrected chi connectivity index (χ4v) is 12.6. The molecule has 502 valence electrons. The molecule has 14 N–H and O–H groups in total. The standard InChI is InChI=1S/C58H59Br2FN8O25/c1-3-58(89)24-14-30-39-22(16-68(30)50(80)23(24)18-90-56(58)87)36-26(9-8-21-19(2)25(61)15-29(65-39)35(21)36)66-57(88)91-20-7-10-31(92-55-45(78)41(74)43(76)47(94-55)54(85)86)28(13-20)64-33(71)11-12-62-48(79)27(63-34(72)17-69-51(81)37(59)38(60)52(69)82)5-4-6-32(70)67-49-44(77)40(73)42(75)46(93-49)53(83)84/h7,10,13-15,26-27,40-47,49,55,73-78,89H,3-6,8-9,11-12,16-18H2,1-2H3,(H,62,79)(H,63,72)(H,64,71)(H,66,88)(H,67,70)(H,83,84)(H,85,86)/t26-,27-,40-,41-,42-,43-,44+,45+,46-,47-,49-,55+,58-/m0/s1. The first-order valence-electron chi connectivity index (χ1n) is 29.0. The lowest BCUT2D eigenvalue weighted by Crippen LogP contribution is -2.64. The van der Waals surface area contributed by atoms with Gasteiger partial charge in [0.1, 0.15) is 82.1 Å². The molecule has 2 aromatic heterocycles. The lowest BCUT2D eigenvalue weighted by atomic mass is 9.81. The van der Waals surface area contributed by atoms with Crippen LogP contribution < -0.4 is 41.6 Å². The molecule has 1 aliphatic carbocycles. The number of aliphatic carboxylic acids is 2. The Balaban J connectivity index is 0.865. The number of pyridine rings is 2. The van der Waals surface area contributed by atoms with Gasteiger partial charge in [-0.05, 0) is 106 Å². The van der Waals surface area contributed by atoms with Gasteiger partial charge in [-0.2, -0.15) is 0 Å². The zero-order chi connectivity index (χ0) is 68.3. The number of aliphatic hydroxyl groups excluding tert-OH is 6. The third-order valence-corrected chi connectivity index (χ3v) is 18.9. The number of fused-ring (bicyclic) bond motifs is 5. The highest BCUT2D eigenvalue weighted by molar-refractivity contribution is 9.14. The van der Waals surface area contributed by atoms with E-state index in [9.17, 15) is 98.7 Å². The van der Waals surface area contributed by atoms with E-state index >= 15 is 4.39 Å². The second-order valence-corrected chi connectivity index (χ2v) is 24.3. The number of esters is 1. The Bertz CT molecular complexity index is 3960. The molecule has 2 aromatic carbocycles. The van der Waals surface area contributed by atoms with Crippen LogP contribution in [0.5, 0.6) is 11.5 Å². The number of benzene rings is 2. The number of aliphatic hydroxyl groups is 7. The molecule has 5 aliphatic heterocycles. The number of nitrogens with one attached hydrogen (secondary N) is 5. The van der Waals surface area contributed by atoms with Crippen molar-refractivity contribution in [2.75, 3.05) is 18.4 Å². The number of hydrogen-bond acceptors (Lipinski definition) is 24. The van der Waals surface area contributed by atoms with Crippen molar-refractivity contribution in [2.45, 2.75) is 151 Å². The maximum absolute atomic E-state index is 15.6. The Morgan fingerprint density at radius 3 is 2.16 bits per heavy atom. The van der Waals surface area contributed by atoms with E-state index in [0.717, 1.165) is 18.2 Å². The number of aromatic nitrogens is 2. The zero-order valence-corrected chi connectivity index (χ0v) is 52.3. The van der Waals surface area contributed by atoms with E-state index in [1.807, 2.05) is 0 Å². The van der Waals surface area contributed by atoms with Crippen LogP contribution in [0.4, 0.5) is 14.9 Å². The first-order valence-corrected chi connectivity index (χ1v) is 30.6. The van der Waals surface area contributed by atoms with E-state index in [1.165, 1.54) is 16.7 Å². The summed E-state index contributed by atoms with van der Waals surface area (Å²) < 4.78 is 43.7. The number of ether oxygens (including phenoxy) is 5. The van der Waals surface area contributed by atoms with Crippen molar-refractivity contribution in [1.82, 2.24) is 35.7 Å². The molecule has 7 heterocycles. The Kier molecular flexibility index (Phi) is 19.7. The molecule has 0 saturated carbocycles. The van der Waals surface area contributed by atoms with Crippen molar-refractivity contribution in [1.29, 1.82) is 0 Å². The molecule has 4 aromatic rings. The second-order valence-electron chi connectivity index (χ2n) is 22.7. The smallest absolute Gasteiger partial charge is 0.413 e. The Hall–Kier alpha value is -8.43. The van der Waals surface area contributed by atoms with Gasteiger partial charge in [0.2, 0.25) is 29.9 Å². The number of carboxylic acids is 2. The summed E-state index contributed by atoms with van der Waals surface area (Å²) in [6.45, 7) is 1.17. The number of carbonyl (C=O) groups excluding carboxylic acids is 8. The molecule has 94 heavy (non-hydrogen) atoms. The van der Waals surface area contributed by atoms with E-state index in [-0.39, 0.29) is 87.1 Å². The van der Waals surface area contributed by atoms with Gasteiger partial charge in [0.25, 0.3) is 17.4 Å². The minimum absolute atomic E-state index is 0.0306. The van der Waals surface area contributed by atoms with Crippen molar-refractivity contribution in [3.63, 3.8) is 0 Å². The van der Waals surface area contributed by atoms with Gasteiger partial charge in [0.05, 0.1) is 40.7 Å². The summed E-state index contributed by atoms with van der Waals surface area (Å²) in [6, 6.07) is 3.47. The van der Waals surface area contributed by atoms with E-state index < -0.39 is 188 Å². The molecule has 2 fully saturated rings. The molecule has 36 heteroatoms. The van der Waals surface area contributed by atoms with Crippen LogP contribution >= 0.6 is 31.9 Å². The maximum atomic E-state index is 15.6. The van der Waals surface area contributed by atoms with E-state index in [1.54, 1.807) is 13.8 Å². The van der Waals surface area contributed by atoms with Gasteiger partial charge in [-0.1, -0.05) is 6.92 Å². The molecule has 0 unspecified atom stereocenters. The van der Waals surface area contributed by atoms with E-state index in [2.05, 4.69) is 58.4 Å². The monoisotopic (exact) mass is 1440 g/mol. The highest BCUT2D eigenvalue weighted by Crippen LogP contribution is 2.46. The molecular weight excluding hydrogens is 1390 g/mol. The van der Waals surface area contributed by atoms with Crippen molar-refractivity contribution < 1.29 is 122 Å². The number of anilines is 1. The number of carboxylic acid groups (broad SMARTS) is 2. The molecule has 10 rings (SSSR count). The fourth-order valence-electron chi connectivity index (χ4n) is 11.9. The van der Waals surface area contributed by atoms with Crippen LogP contribution in [-0.4, -0.2) is 200 Å². The Morgan fingerprint density at radius 1 is 0.819 bits per heavy atom. The van der Waals surface area contributed by atoms with Crippen molar-refractivity contribution >= 4 is 108 Å². The highest BCUT2D eigenvalue weighted by atomic mass is 79.9. The number of cyclic esters (lactones) is 1. The summed E-state index contributed by atoms with van der Waals surface area (Å²) in [5, 5.41) is 106. The van der Waals surface area contributed by atoms with Crippen LogP contribution in [0, 0.1) is 12.7 Å². The highest BCUT2D eigenvalue weighted by Gasteiger charge is 2.51. The SMILES string of the molecule is CC[C@@]1(O)C(=O)OCc2c1cc1n(c2=O)Cc2c-1nc1cc(F)c(C)c3c1c2[C@@H](NC(=O)Oc1ccc(O[C@@H]2O[C@H](C(=O)O)[C@@H](O)[C@H](O)[C@H]2O)c(NC(=O)CCNC(=O)[C@H](CCCC(=O)N[C@H]2O[C@H](C(=O)O)[C@@H](O)[C@H](O)[C@H]2O)NC(=O)CN2C(=O)C(Br)=C(Br)C2=O)c1)CC3. The molecule has 0 radical (unpaired) electrons. The van der Waals surface area contributed by atoms with Gasteiger partial charge in [0, 0.05) is 48.0 Å². The van der Waals surface area contributed by atoms with Crippen LogP contribution in [0.1, 0.15) is 84.9 Å². The Labute approximate surface area is 544 Å². The number of hydrogen-bond donors (Lipinski definition) is 14.